The Morgan fingerprint density at radius 1 is 1.12 bits per heavy atom. The zero-order valence-electron chi connectivity index (χ0n) is 17.9. The first-order valence-electron chi connectivity index (χ1n) is 10.9. The van der Waals surface area contributed by atoms with Crippen LogP contribution >= 0.6 is 0 Å². The van der Waals surface area contributed by atoms with Gasteiger partial charge in [0.15, 0.2) is 5.82 Å². The van der Waals surface area contributed by atoms with Crippen LogP contribution in [0.3, 0.4) is 0 Å². The van der Waals surface area contributed by atoms with Gasteiger partial charge in [0.25, 0.3) is 6.20 Å². The molecular formula is C26H25N3O3. The number of hydrogen-bond donors (Lipinski definition) is 2. The number of fused-ring (bicyclic) bond motifs is 5. The van der Waals surface area contributed by atoms with Gasteiger partial charge in [-0.15, -0.1) is 0 Å². The average Bonchev–Trinajstić information content (AvgIpc) is 3.29. The van der Waals surface area contributed by atoms with Crippen LogP contribution < -0.4 is 10.6 Å². The molecule has 3 aromatic carbocycles. The summed E-state index contributed by atoms with van der Waals surface area (Å²) in [6, 6.07) is 19.6. The van der Waals surface area contributed by atoms with E-state index in [2.05, 4.69) is 59.2 Å². The highest BCUT2D eigenvalue weighted by Gasteiger charge is 2.25. The standard InChI is InChI=1S/C26H25N3O3/c1-27-26(16-29(30)31)28-15-25-21(12-13-32-25)19-7-6-18-9-10-22-20-5-3-2-4-17(20)8-11-23(22)24(18)14-19/h2-5,8-13,16,19,27-28H,6-7,14-15H2,1H3. The zero-order valence-corrected chi connectivity index (χ0v) is 17.9. The highest BCUT2D eigenvalue weighted by atomic mass is 16.6. The van der Waals surface area contributed by atoms with E-state index in [0.29, 0.717) is 18.3 Å². The lowest BCUT2D eigenvalue weighted by Gasteiger charge is -2.26. The molecule has 1 unspecified atom stereocenters. The van der Waals surface area contributed by atoms with Crippen molar-refractivity contribution in [3.63, 3.8) is 0 Å². The predicted octanol–water partition coefficient (Wildman–Crippen LogP) is 5.24. The molecule has 0 saturated heterocycles. The van der Waals surface area contributed by atoms with E-state index in [4.69, 9.17) is 4.42 Å². The fourth-order valence-electron chi connectivity index (χ4n) is 4.95. The molecule has 6 heteroatoms. The van der Waals surface area contributed by atoms with Crippen molar-refractivity contribution >= 4 is 21.5 Å². The Hall–Kier alpha value is -3.80. The average molecular weight is 428 g/mol. The smallest absolute Gasteiger partial charge is 0.274 e. The number of nitro groups is 1. The van der Waals surface area contributed by atoms with Gasteiger partial charge in [-0.1, -0.05) is 48.5 Å². The highest BCUT2D eigenvalue weighted by Crippen LogP contribution is 2.39. The van der Waals surface area contributed by atoms with Crippen LogP contribution in [0.5, 0.6) is 0 Å². The minimum Gasteiger partial charge on any atom is -0.467 e. The Bertz CT molecular complexity index is 1340. The van der Waals surface area contributed by atoms with E-state index in [1.807, 2.05) is 6.07 Å². The van der Waals surface area contributed by atoms with Crippen molar-refractivity contribution in [3.05, 3.63) is 105 Å². The predicted molar refractivity (Wildman–Crippen MR) is 126 cm³/mol. The van der Waals surface area contributed by atoms with E-state index in [-0.39, 0.29) is 0 Å². The van der Waals surface area contributed by atoms with Gasteiger partial charge in [-0.25, -0.2) is 0 Å². The van der Waals surface area contributed by atoms with Crippen LogP contribution in [0.25, 0.3) is 21.5 Å². The third-order valence-electron chi connectivity index (χ3n) is 6.51. The quantitative estimate of drug-likeness (QED) is 0.250. The first kappa shape index (κ1) is 20.1. The van der Waals surface area contributed by atoms with Crippen molar-refractivity contribution in [1.82, 2.24) is 10.6 Å². The maximum Gasteiger partial charge on any atom is 0.274 e. The van der Waals surface area contributed by atoms with Crippen LogP contribution in [0.15, 0.2) is 77.3 Å². The number of nitrogens with zero attached hydrogens (tertiary/aromatic N) is 1. The van der Waals surface area contributed by atoms with Crippen LogP contribution in [0.4, 0.5) is 0 Å². The highest BCUT2D eigenvalue weighted by molar-refractivity contribution is 6.08. The topological polar surface area (TPSA) is 80.3 Å². The summed E-state index contributed by atoms with van der Waals surface area (Å²) < 4.78 is 5.76. The van der Waals surface area contributed by atoms with Crippen LogP contribution in [-0.4, -0.2) is 12.0 Å². The van der Waals surface area contributed by atoms with Gasteiger partial charge in [0.2, 0.25) is 0 Å². The maximum absolute atomic E-state index is 10.8. The summed E-state index contributed by atoms with van der Waals surface area (Å²) >= 11 is 0. The van der Waals surface area contributed by atoms with Gasteiger partial charge in [0.05, 0.1) is 17.7 Å². The number of rotatable bonds is 6. The molecule has 0 radical (unpaired) electrons. The molecule has 0 saturated carbocycles. The molecule has 6 nitrogen and oxygen atoms in total. The van der Waals surface area contributed by atoms with E-state index >= 15 is 0 Å². The molecule has 5 rings (SSSR count). The molecule has 0 amide bonds. The lowest BCUT2D eigenvalue weighted by atomic mass is 9.78. The van der Waals surface area contributed by atoms with Crippen molar-refractivity contribution in [1.29, 1.82) is 0 Å². The minimum atomic E-state index is -0.477. The van der Waals surface area contributed by atoms with E-state index in [1.54, 1.807) is 13.3 Å². The molecule has 1 aliphatic rings. The Labute approximate surface area is 186 Å². The molecule has 1 aliphatic carbocycles. The van der Waals surface area contributed by atoms with Crippen molar-refractivity contribution in [2.75, 3.05) is 7.05 Å². The number of aryl methyl sites for hydroxylation is 1. The van der Waals surface area contributed by atoms with Gasteiger partial charge < -0.3 is 15.1 Å². The molecular weight excluding hydrogens is 402 g/mol. The molecule has 1 heterocycles. The summed E-state index contributed by atoms with van der Waals surface area (Å²) in [6.45, 7) is 0.395. The number of furan rings is 1. The van der Waals surface area contributed by atoms with E-state index in [0.717, 1.165) is 31.2 Å². The van der Waals surface area contributed by atoms with Crippen molar-refractivity contribution in [2.45, 2.75) is 31.7 Å². The fourth-order valence-corrected chi connectivity index (χ4v) is 4.95. The molecule has 0 spiro atoms. The van der Waals surface area contributed by atoms with Crippen molar-refractivity contribution in [2.24, 2.45) is 0 Å². The second-order valence-corrected chi connectivity index (χ2v) is 8.26. The third kappa shape index (κ3) is 3.68. The largest absolute Gasteiger partial charge is 0.467 e. The molecule has 0 bridgehead atoms. The van der Waals surface area contributed by atoms with E-state index < -0.39 is 4.92 Å². The van der Waals surface area contributed by atoms with E-state index in [9.17, 15) is 10.1 Å². The number of benzene rings is 3. The summed E-state index contributed by atoms with van der Waals surface area (Å²) in [5.41, 5.74) is 4.03. The fraction of sp³-hybridized carbons (Fsp3) is 0.231. The normalized spacial score (nSPS) is 16.2. The number of hydrogen-bond acceptors (Lipinski definition) is 5. The summed E-state index contributed by atoms with van der Waals surface area (Å²) in [5.74, 6) is 1.53. The van der Waals surface area contributed by atoms with Crippen LogP contribution in [0.1, 0.15) is 34.8 Å². The van der Waals surface area contributed by atoms with Gasteiger partial charge in [0.1, 0.15) is 5.76 Å². The Kier molecular flexibility index (Phi) is 5.27. The SMILES string of the molecule is CNC(=C[N+](=O)[O-])NCc1occc1C1CCc2ccc3c(ccc4ccccc43)c2C1. The molecule has 162 valence electrons. The van der Waals surface area contributed by atoms with Gasteiger partial charge in [-0.05, 0) is 69.5 Å². The second kappa shape index (κ2) is 8.38. The van der Waals surface area contributed by atoms with Crippen LogP contribution in [-0.2, 0) is 19.4 Å². The molecule has 4 aromatic rings. The molecule has 0 fully saturated rings. The van der Waals surface area contributed by atoms with Crippen molar-refractivity contribution in [3.8, 4) is 0 Å². The Morgan fingerprint density at radius 2 is 1.97 bits per heavy atom. The van der Waals surface area contributed by atoms with Crippen LogP contribution in [0, 0.1) is 10.1 Å². The minimum absolute atomic E-state index is 0.351. The molecule has 32 heavy (non-hydrogen) atoms. The lowest BCUT2D eigenvalue weighted by molar-refractivity contribution is -0.404. The van der Waals surface area contributed by atoms with Crippen LogP contribution in [0.2, 0.25) is 0 Å². The summed E-state index contributed by atoms with van der Waals surface area (Å²) in [4.78, 5) is 10.3. The molecule has 0 aliphatic heterocycles. The zero-order chi connectivity index (χ0) is 22.1. The van der Waals surface area contributed by atoms with E-state index in [1.165, 1.54) is 38.2 Å². The number of nitrogens with one attached hydrogen (secondary N) is 2. The second-order valence-electron chi connectivity index (χ2n) is 8.26. The summed E-state index contributed by atoms with van der Waals surface area (Å²) in [6.07, 6.45) is 5.69. The van der Waals surface area contributed by atoms with Gasteiger partial charge >= 0.3 is 0 Å². The van der Waals surface area contributed by atoms with Gasteiger partial charge in [-0.3, -0.25) is 10.1 Å². The first-order chi connectivity index (χ1) is 15.6. The first-order valence-corrected chi connectivity index (χ1v) is 10.9. The van der Waals surface area contributed by atoms with Crippen molar-refractivity contribution < 1.29 is 9.34 Å². The molecule has 1 aromatic heterocycles. The summed E-state index contributed by atoms with van der Waals surface area (Å²) in [7, 11) is 1.65. The molecule has 2 N–H and O–H groups in total. The van der Waals surface area contributed by atoms with Gasteiger partial charge in [-0.2, -0.15) is 0 Å². The van der Waals surface area contributed by atoms with Gasteiger partial charge in [0, 0.05) is 7.05 Å². The molecule has 1 atom stereocenters. The third-order valence-corrected chi connectivity index (χ3v) is 6.51. The Balaban J connectivity index is 1.45. The summed E-state index contributed by atoms with van der Waals surface area (Å²) in [5, 5.41) is 21.8. The maximum atomic E-state index is 10.8. The monoisotopic (exact) mass is 427 g/mol. The lowest BCUT2D eigenvalue weighted by Crippen LogP contribution is -2.24. The Morgan fingerprint density at radius 3 is 2.81 bits per heavy atom.